The number of ether oxygens (including phenoxy) is 3. The Morgan fingerprint density at radius 3 is 2.32 bits per heavy atom. The fourth-order valence-corrected chi connectivity index (χ4v) is 2.67. The van der Waals surface area contributed by atoms with E-state index in [0.717, 1.165) is 52.2 Å². The van der Waals surface area contributed by atoms with E-state index in [4.69, 9.17) is 14.2 Å². The Morgan fingerprint density at radius 1 is 1.05 bits per heavy atom. The quantitative estimate of drug-likeness (QED) is 0.493. The molecule has 130 valence electrons. The first-order valence-corrected chi connectivity index (χ1v) is 8.19. The number of methoxy groups -OCH3 is 2. The highest BCUT2D eigenvalue weighted by molar-refractivity contribution is 5.77. The summed E-state index contributed by atoms with van der Waals surface area (Å²) in [6.45, 7) is 9.43. The summed E-state index contributed by atoms with van der Waals surface area (Å²) in [4.78, 5) is 15.8. The van der Waals surface area contributed by atoms with Crippen LogP contribution in [-0.2, 0) is 19.0 Å². The highest BCUT2D eigenvalue weighted by Crippen LogP contribution is 2.05. The van der Waals surface area contributed by atoms with Crippen LogP contribution in [0.1, 0.15) is 19.8 Å². The maximum atomic E-state index is 11.1. The van der Waals surface area contributed by atoms with Gasteiger partial charge in [-0.3, -0.25) is 9.69 Å². The van der Waals surface area contributed by atoms with Gasteiger partial charge in [-0.1, -0.05) is 0 Å². The lowest BCUT2D eigenvalue weighted by Gasteiger charge is -2.34. The lowest BCUT2D eigenvalue weighted by Crippen LogP contribution is -2.47. The van der Waals surface area contributed by atoms with Gasteiger partial charge in [0.25, 0.3) is 0 Å². The number of piperazine rings is 1. The van der Waals surface area contributed by atoms with Crippen molar-refractivity contribution >= 4 is 5.78 Å². The number of Topliss-reactive ketones (excluding diaryl/α,β-unsaturated/α-hetero) is 1. The lowest BCUT2D eigenvalue weighted by atomic mass is 10.2. The molecule has 0 bridgehead atoms. The lowest BCUT2D eigenvalue weighted by molar-refractivity contribution is -0.118. The Bertz CT molecular complexity index is 294. The van der Waals surface area contributed by atoms with E-state index in [1.165, 1.54) is 0 Å². The van der Waals surface area contributed by atoms with Crippen LogP contribution >= 0.6 is 0 Å². The number of rotatable bonds is 12. The predicted molar refractivity (Wildman–Crippen MR) is 86.3 cm³/mol. The molecule has 1 fully saturated rings. The molecule has 0 amide bonds. The topological polar surface area (TPSA) is 51.2 Å². The van der Waals surface area contributed by atoms with Gasteiger partial charge in [-0.15, -0.1) is 0 Å². The maximum Gasteiger partial charge on any atom is 0.143 e. The van der Waals surface area contributed by atoms with Crippen molar-refractivity contribution in [3.05, 3.63) is 0 Å². The normalized spacial score (nSPS) is 18.5. The molecule has 1 unspecified atom stereocenters. The third-order valence-electron chi connectivity index (χ3n) is 3.88. The maximum absolute atomic E-state index is 11.1. The Hall–Kier alpha value is -0.530. The Kier molecular flexibility index (Phi) is 10.6. The molecular formula is C16H32N2O4. The molecule has 0 aromatic carbocycles. The fourth-order valence-electron chi connectivity index (χ4n) is 2.67. The second kappa shape index (κ2) is 12.0. The molecule has 1 aliphatic rings. The highest BCUT2D eigenvalue weighted by atomic mass is 16.5. The van der Waals surface area contributed by atoms with E-state index >= 15 is 0 Å². The molecule has 1 saturated heterocycles. The van der Waals surface area contributed by atoms with Gasteiger partial charge in [0.2, 0.25) is 0 Å². The standard InChI is InChI=1S/C16H32N2O4/c1-15(19)13-18-9-7-17(8-10-18)6-4-11-22-16(14-21-3)5-12-20-2/h16H,4-14H2,1-3H3. The average Bonchev–Trinajstić information content (AvgIpc) is 2.50. The number of ketones is 1. The summed E-state index contributed by atoms with van der Waals surface area (Å²) in [5.74, 6) is 0.252. The summed E-state index contributed by atoms with van der Waals surface area (Å²) in [5.41, 5.74) is 0. The van der Waals surface area contributed by atoms with Crippen molar-refractivity contribution in [2.75, 3.05) is 73.3 Å². The summed E-state index contributed by atoms with van der Waals surface area (Å²) < 4.78 is 16.1. The molecule has 1 rings (SSSR count). The van der Waals surface area contributed by atoms with Crippen molar-refractivity contribution < 1.29 is 19.0 Å². The van der Waals surface area contributed by atoms with Crippen LogP contribution in [0.4, 0.5) is 0 Å². The van der Waals surface area contributed by atoms with Crippen LogP contribution in [0.15, 0.2) is 0 Å². The summed E-state index contributed by atoms with van der Waals surface area (Å²) in [6, 6.07) is 0. The third kappa shape index (κ3) is 8.80. The van der Waals surface area contributed by atoms with Crippen LogP contribution in [-0.4, -0.2) is 95.0 Å². The molecule has 22 heavy (non-hydrogen) atoms. The Labute approximate surface area is 134 Å². The van der Waals surface area contributed by atoms with Crippen molar-refractivity contribution in [3.63, 3.8) is 0 Å². The van der Waals surface area contributed by atoms with Gasteiger partial charge in [-0.2, -0.15) is 0 Å². The summed E-state index contributed by atoms with van der Waals surface area (Å²) >= 11 is 0. The molecule has 0 radical (unpaired) electrons. The molecule has 0 spiro atoms. The van der Waals surface area contributed by atoms with Crippen molar-refractivity contribution in [1.82, 2.24) is 9.80 Å². The first kappa shape index (κ1) is 19.5. The first-order chi connectivity index (χ1) is 10.7. The number of hydrogen-bond donors (Lipinski definition) is 0. The molecule has 0 aromatic rings. The van der Waals surface area contributed by atoms with E-state index < -0.39 is 0 Å². The van der Waals surface area contributed by atoms with Crippen LogP contribution < -0.4 is 0 Å². The zero-order valence-corrected chi connectivity index (χ0v) is 14.4. The average molecular weight is 316 g/mol. The highest BCUT2D eigenvalue weighted by Gasteiger charge is 2.17. The van der Waals surface area contributed by atoms with Crippen LogP contribution in [0, 0.1) is 0 Å². The zero-order valence-electron chi connectivity index (χ0n) is 14.4. The zero-order chi connectivity index (χ0) is 16.2. The van der Waals surface area contributed by atoms with Crippen molar-refractivity contribution in [3.8, 4) is 0 Å². The Morgan fingerprint density at radius 2 is 1.73 bits per heavy atom. The molecule has 6 nitrogen and oxygen atoms in total. The monoisotopic (exact) mass is 316 g/mol. The number of carbonyl (C=O) groups is 1. The van der Waals surface area contributed by atoms with E-state index in [9.17, 15) is 4.79 Å². The summed E-state index contributed by atoms with van der Waals surface area (Å²) in [5, 5.41) is 0. The molecule has 0 N–H and O–H groups in total. The third-order valence-corrected chi connectivity index (χ3v) is 3.88. The number of carbonyl (C=O) groups excluding carboxylic acids is 1. The molecule has 0 aromatic heterocycles. The van der Waals surface area contributed by atoms with Crippen molar-refractivity contribution in [2.24, 2.45) is 0 Å². The van der Waals surface area contributed by atoms with E-state index in [0.29, 0.717) is 19.8 Å². The van der Waals surface area contributed by atoms with Crippen molar-refractivity contribution in [1.29, 1.82) is 0 Å². The first-order valence-electron chi connectivity index (χ1n) is 8.19. The minimum Gasteiger partial charge on any atom is -0.385 e. The van der Waals surface area contributed by atoms with Gasteiger partial charge >= 0.3 is 0 Å². The second-order valence-corrected chi connectivity index (χ2v) is 5.90. The van der Waals surface area contributed by atoms with Gasteiger partial charge in [-0.05, 0) is 19.8 Å². The predicted octanol–water partition coefficient (Wildman–Crippen LogP) is 0.651. The Balaban J connectivity index is 2.08. The van der Waals surface area contributed by atoms with Gasteiger partial charge in [0.15, 0.2) is 0 Å². The molecule has 1 heterocycles. The smallest absolute Gasteiger partial charge is 0.143 e. The van der Waals surface area contributed by atoms with Gasteiger partial charge in [0, 0.05) is 60.2 Å². The van der Waals surface area contributed by atoms with Gasteiger partial charge in [-0.25, -0.2) is 0 Å². The largest absolute Gasteiger partial charge is 0.385 e. The van der Waals surface area contributed by atoms with Crippen LogP contribution in [0.25, 0.3) is 0 Å². The van der Waals surface area contributed by atoms with Gasteiger partial charge in [0.1, 0.15) is 5.78 Å². The van der Waals surface area contributed by atoms with E-state index in [2.05, 4.69) is 9.80 Å². The number of hydrogen-bond acceptors (Lipinski definition) is 6. The van der Waals surface area contributed by atoms with E-state index in [-0.39, 0.29) is 11.9 Å². The fraction of sp³-hybridized carbons (Fsp3) is 0.938. The SMILES string of the molecule is COCCC(COC)OCCCN1CCN(CC(C)=O)CC1. The minimum atomic E-state index is 0.123. The second-order valence-electron chi connectivity index (χ2n) is 5.90. The van der Waals surface area contributed by atoms with E-state index in [1.807, 2.05) is 0 Å². The van der Waals surface area contributed by atoms with Crippen LogP contribution in [0.5, 0.6) is 0 Å². The molecule has 0 aliphatic carbocycles. The van der Waals surface area contributed by atoms with Crippen LogP contribution in [0.3, 0.4) is 0 Å². The summed E-state index contributed by atoms with van der Waals surface area (Å²) in [7, 11) is 3.40. The summed E-state index contributed by atoms with van der Waals surface area (Å²) in [6.07, 6.45) is 2.02. The molecule has 1 aliphatic heterocycles. The van der Waals surface area contributed by atoms with E-state index in [1.54, 1.807) is 21.1 Å². The molecule has 6 heteroatoms. The molecule has 1 atom stereocenters. The minimum absolute atomic E-state index is 0.123. The number of nitrogens with zero attached hydrogens (tertiary/aromatic N) is 2. The van der Waals surface area contributed by atoms with Crippen molar-refractivity contribution in [2.45, 2.75) is 25.9 Å². The van der Waals surface area contributed by atoms with Gasteiger partial charge in [0.05, 0.1) is 19.3 Å². The van der Waals surface area contributed by atoms with Gasteiger partial charge < -0.3 is 19.1 Å². The van der Waals surface area contributed by atoms with Crippen LogP contribution in [0.2, 0.25) is 0 Å². The molecular weight excluding hydrogens is 284 g/mol. The molecule has 0 saturated carbocycles.